The average molecular weight is 325 g/mol. The van der Waals surface area contributed by atoms with Gasteiger partial charge in [-0.25, -0.2) is 15.0 Å². The predicted molar refractivity (Wildman–Crippen MR) is 90.5 cm³/mol. The lowest BCUT2D eigenvalue weighted by Crippen LogP contribution is -2.42. The van der Waals surface area contributed by atoms with Crippen LogP contribution in [0.25, 0.3) is 10.9 Å². The van der Waals surface area contributed by atoms with E-state index in [4.69, 9.17) is 5.26 Å². The van der Waals surface area contributed by atoms with Crippen LogP contribution in [0.15, 0.2) is 12.3 Å². The van der Waals surface area contributed by atoms with Crippen molar-refractivity contribution >= 4 is 28.6 Å². The molecule has 0 aromatic carbocycles. The minimum atomic E-state index is 0.0733. The van der Waals surface area contributed by atoms with E-state index >= 15 is 0 Å². The van der Waals surface area contributed by atoms with Crippen LogP contribution in [-0.4, -0.2) is 39.5 Å². The summed E-state index contributed by atoms with van der Waals surface area (Å²) in [6.07, 6.45) is 2.93. The molecule has 0 unspecified atom stereocenters. The van der Waals surface area contributed by atoms with Gasteiger partial charge in [0, 0.05) is 36.6 Å². The third kappa shape index (κ3) is 3.51. The van der Waals surface area contributed by atoms with Crippen LogP contribution in [0.4, 0.5) is 11.8 Å². The van der Waals surface area contributed by atoms with Crippen molar-refractivity contribution in [3.63, 3.8) is 0 Å². The molecule has 1 aliphatic rings. The summed E-state index contributed by atoms with van der Waals surface area (Å²) < 4.78 is 0. The monoisotopic (exact) mass is 325 g/mol. The van der Waals surface area contributed by atoms with Gasteiger partial charge in [-0.1, -0.05) is 0 Å². The predicted octanol–water partition coefficient (Wildman–Crippen LogP) is 1.41. The first-order valence-corrected chi connectivity index (χ1v) is 7.93. The third-order valence-electron chi connectivity index (χ3n) is 3.70. The van der Waals surface area contributed by atoms with E-state index in [1.165, 1.54) is 0 Å². The number of aromatic nitrogens is 3. The fourth-order valence-corrected chi connectivity index (χ4v) is 2.58. The summed E-state index contributed by atoms with van der Waals surface area (Å²) in [6.45, 7) is 4.55. The van der Waals surface area contributed by atoms with Gasteiger partial charge in [0.2, 0.25) is 11.9 Å². The first-order valence-electron chi connectivity index (χ1n) is 7.93. The number of rotatable bonds is 4. The maximum Gasteiger partial charge on any atom is 0.223 e. The lowest BCUT2D eigenvalue weighted by atomic mass is 10.1. The van der Waals surface area contributed by atoms with Gasteiger partial charge in [0.05, 0.1) is 0 Å². The van der Waals surface area contributed by atoms with Crippen molar-refractivity contribution in [2.45, 2.75) is 38.8 Å². The number of nitrogens with zero attached hydrogens (tertiary/aromatic N) is 4. The van der Waals surface area contributed by atoms with Gasteiger partial charge in [-0.3, -0.25) is 4.79 Å². The molecule has 1 fully saturated rings. The minimum Gasteiger partial charge on any atom is -0.366 e. The van der Waals surface area contributed by atoms with Gasteiger partial charge in [-0.05, 0) is 26.3 Å². The van der Waals surface area contributed by atoms with Gasteiger partial charge < -0.3 is 16.0 Å². The second-order valence-electron chi connectivity index (χ2n) is 6.08. The summed E-state index contributed by atoms with van der Waals surface area (Å²) in [4.78, 5) is 24.4. The summed E-state index contributed by atoms with van der Waals surface area (Å²) in [5, 5.41) is 19.2. The Kier molecular flexibility index (Phi) is 4.42. The highest BCUT2D eigenvalue weighted by Gasteiger charge is 2.19. The Labute approximate surface area is 139 Å². The molecular weight excluding hydrogens is 306 g/mol. The molecule has 0 aliphatic carbocycles. The van der Waals surface area contributed by atoms with E-state index in [0.29, 0.717) is 35.9 Å². The fourth-order valence-electron chi connectivity index (χ4n) is 2.58. The van der Waals surface area contributed by atoms with Crippen molar-refractivity contribution in [1.82, 2.24) is 20.3 Å². The zero-order chi connectivity index (χ0) is 17.1. The summed E-state index contributed by atoms with van der Waals surface area (Å²) in [7, 11) is 0. The molecule has 3 N–H and O–H groups in total. The number of hydrogen-bond donors (Lipinski definition) is 3. The van der Waals surface area contributed by atoms with E-state index in [0.717, 1.165) is 11.8 Å². The molecule has 1 aliphatic heterocycles. The molecule has 0 radical (unpaired) electrons. The molecule has 3 heterocycles. The fraction of sp³-hybridized carbons (Fsp3) is 0.438. The molecule has 2 aromatic heterocycles. The molecule has 1 amide bonds. The molecule has 1 saturated heterocycles. The van der Waals surface area contributed by atoms with Crippen LogP contribution in [0.1, 0.15) is 32.4 Å². The maximum absolute atomic E-state index is 11.2. The first kappa shape index (κ1) is 15.9. The molecule has 2 aromatic rings. The molecule has 1 atom stereocenters. The van der Waals surface area contributed by atoms with Crippen LogP contribution < -0.4 is 16.0 Å². The minimum absolute atomic E-state index is 0.0733. The summed E-state index contributed by atoms with van der Waals surface area (Å²) in [6, 6.07) is 3.99. The topological polar surface area (TPSA) is 116 Å². The van der Waals surface area contributed by atoms with E-state index < -0.39 is 0 Å². The maximum atomic E-state index is 11.2. The number of nitrogens with one attached hydrogen (secondary N) is 3. The van der Waals surface area contributed by atoms with E-state index in [1.807, 2.05) is 13.8 Å². The quantitative estimate of drug-likeness (QED) is 0.778. The Morgan fingerprint density at radius 1 is 1.42 bits per heavy atom. The van der Waals surface area contributed by atoms with Gasteiger partial charge in [0.15, 0.2) is 5.82 Å². The number of anilines is 2. The Balaban J connectivity index is 1.91. The standard InChI is InChI=1S/C16H19N7O/c1-9(2)20-15-14-10(5-12(6-17)21-15)7-19-16(23-14)22-11-3-4-13(24)18-8-11/h5,7,9,11H,3-4,8H2,1-2H3,(H,18,24)(H,20,21)(H,19,22,23)/t11-/m0/s1. The van der Waals surface area contributed by atoms with Crippen molar-refractivity contribution in [3.8, 4) is 6.07 Å². The zero-order valence-electron chi connectivity index (χ0n) is 13.6. The number of amides is 1. The van der Waals surface area contributed by atoms with Gasteiger partial charge in [0.25, 0.3) is 0 Å². The van der Waals surface area contributed by atoms with Crippen molar-refractivity contribution in [3.05, 3.63) is 18.0 Å². The van der Waals surface area contributed by atoms with Crippen molar-refractivity contribution < 1.29 is 4.79 Å². The summed E-state index contributed by atoms with van der Waals surface area (Å²) in [5.74, 6) is 1.13. The molecule has 0 spiro atoms. The van der Waals surface area contributed by atoms with E-state index in [2.05, 4.69) is 37.0 Å². The van der Waals surface area contributed by atoms with Crippen molar-refractivity contribution in [2.75, 3.05) is 17.2 Å². The van der Waals surface area contributed by atoms with E-state index in [1.54, 1.807) is 12.3 Å². The second kappa shape index (κ2) is 6.66. The molecule has 124 valence electrons. The smallest absolute Gasteiger partial charge is 0.223 e. The molecule has 24 heavy (non-hydrogen) atoms. The van der Waals surface area contributed by atoms with Crippen LogP contribution in [0.2, 0.25) is 0 Å². The highest BCUT2D eigenvalue weighted by atomic mass is 16.1. The number of carbonyl (C=O) groups excluding carboxylic acids is 1. The van der Waals surface area contributed by atoms with Crippen LogP contribution >= 0.6 is 0 Å². The Morgan fingerprint density at radius 2 is 2.25 bits per heavy atom. The first-order chi connectivity index (χ1) is 11.5. The third-order valence-corrected chi connectivity index (χ3v) is 3.70. The molecule has 8 nitrogen and oxygen atoms in total. The number of fused-ring (bicyclic) bond motifs is 1. The van der Waals surface area contributed by atoms with E-state index in [-0.39, 0.29) is 18.0 Å². The van der Waals surface area contributed by atoms with Crippen LogP contribution in [0.3, 0.4) is 0 Å². The largest absolute Gasteiger partial charge is 0.366 e. The number of carbonyl (C=O) groups is 1. The van der Waals surface area contributed by atoms with Gasteiger partial charge in [-0.15, -0.1) is 0 Å². The lowest BCUT2D eigenvalue weighted by molar-refractivity contribution is -0.122. The molecule has 3 rings (SSSR count). The Hall–Kier alpha value is -2.95. The number of nitriles is 1. The number of piperidine rings is 1. The number of pyridine rings is 1. The Morgan fingerprint density at radius 3 is 2.92 bits per heavy atom. The molecule has 8 heteroatoms. The highest BCUT2D eigenvalue weighted by molar-refractivity contribution is 5.89. The van der Waals surface area contributed by atoms with Crippen molar-refractivity contribution in [2.24, 2.45) is 0 Å². The van der Waals surface area contributed by atoms with Crippen LogP contribution in [-0.2, 0) is 4.79 Å². The molecular formula is C16H19N7O. The van der Waals surface area contributed by atoms with Gasteiger partial charge in [0.1, 0.15) is 17.3 Å². The van der Waals surface area contributed by atoms with E-state index in [9.17, 15) is 4.79 Å². The van der Waals surface area contributed by atoms with Crippen LogP contribution in [0.5, 0.6) is 0 Å². The molecule has 0 saturated carbocycles. The molecule has 0 bridgehead atoms. The highest BCUT2D eigenvalue weighted by Crippen LogP contribution is 2.22. The second-order valence-corrected chi connectivity index (χ2v) is 6.08. The van der Waals surface area contributed by atoms with Gasteiger partial charge in [-0.2, -0.15) is 5.26 Å². The lowest BCUT2D eigenvalue weighted by Gasteiger charge is -2.23. The summed E-state index contributed by atoms with van der Waals surface area (Å²) >= 11 is 0. The van der Waals surface area contributed by atoms with Gasteiger partial charge >= 0.3 is 0 Å². The van der Waals surface area contributed by atoms with Crippen LogP contribution in [0, 0.1) is 11.3 Å². The normalized spacial score (nSPS) is 17.4. The van der Waals surface area contributed by atoms with Crippen molar-refractivity contribution in [1.29, 1.82) is 5.26 Å². The number of hydrogen-bond acceptors (Lipinski definition) is 7. The Bertz CT molecular complexity index is 802. The SMILES string of the molecule is CC(C)Nc1nc(C#N)cc2cnc(N[C@H]3CCC(=O)NC3)nc12. The zero-order valence-corrected chi connectivity index (χ0v) is 13.6. The summed E-state index contributed by atoms with van der Waals surface area (Å²) in [5.41, 5.74) is 0.991. The average Bonchev–Trinajstić information content (AvgIpc) is 2.56.